The molecule has 0 unspecified atom stereocenters. The van der Waals surface area contributed by atoms with E-state index < -0.39 is 5.97 Å². The maximum absolute atomic E-state index is 11.9. The molecule has 0 saturated carbocycles. The van der Waals surface area contributed by atoms with Gasteiger partial charge in [0.1, 0.15) is 12.1 Å². The number of rotatable bonds is 3. The summed E-state index contributed by atoms with van der Waals surface area (Å²) >= 11 is 0. The predicted molar refractivity (Wildman–Crippen MR) is 61.7 cm³/mol. The maximum Gasteiger partial charge on any atom is 0.313 e. The highest BCUT2D eigenvalue weighted by Crippen LogP contribution is 2.18. The molecule has 88 valence electrons. The summed E-state index contributed by atoms with van der Waals surface area (Å²) in [5, 5.41) is 4.89. The van der Waals surface area contributed by atoms with Crippen molar-refractivity contribution < 1.29 is 14.3 Å². The molecule has 0 N–H and O–H groups in total. The molecule has 5 heteroatoms. The number of para-hydroxylation sites is 1. The summed E-state index contributed by atoms with van der Waals surface area (Å²) in [5.74, 6) is -0.876. The number of ether oxygens (including phenoxy) is 1. The van der Waals surface area contributed by atoms with Gasteiger partial charge in [0.25, 0.3) is 0 Å². The molecule has 2 rings (SSSR count). The van der Waals surface area contributed by atoms with Crippen LogP contribution in [-0.4, -0.2) is 28.6 Å². The molecular formula is C12H12N2O3. The summed E-state index contributed by atoms with van der Waals surface area (Å²) in [7, 11) is 3.02. The van der Waals surface area contributed by atoms with Crippen LogP contribution in [0.4, 0.5) is 0 Å². The molecule has 0 aliphatic heterocycles. The van der Waals surface area contributed by atoms with Crippen molar-refractivity contribution in [2.45, 2.75) is 6.42 Å². The zero-order chi connectivity index (χ0) is 12.4. The third kappa shape index (κ3) is 2.04. The quantitative estimate of drug-likeness (QED) is 0.455. The van der Waals surface area contributed by atoms with Crippen molar-refractivity contribution in [2.24, 2.45) is 7.05 Å². The van der Waals surface area contributed by atoms with Crippen molar-refractivity contribution in [3.63, 3.8) is 0 Å². The van der Waals surface area contributed by atoms with Crippen molar-refractivity contribution >= 4 is 22.7 Å². The summed E-state index contributed by atoms with van der Waals surface area (Å²) in [4.78, 5) is 22.9. The monoisotopic (exact) mass is 232 g/mol. The molecule has 0 saturated heterocycles. The van der Waals surface area contributed by atoms with Crippen molar-refractivity contribution in [3.05, 3.63) is 30.0 Å². The number of Topliss-reactive ketones (excluding diaryl/α,β-unsaturated/α-hetero) is 1. The third-order valence-corrected chi connectivity index (χ3v) is 2.55. The number of fused-ring (bicyclic) bond motifs is 1. The largest absolute Gasteiger partial charge is 0.469 e. The fraction of sp³-hybridized carbons (Fsp3) is 0.250. The van der Waals surface area contributed by atoms with Crippen molar-refractivity contribution in [3.8, 4) is 0 Å². The molecule has 1 heterocycles. The second-order valence-corrected chi connectivity index (χ2v) is 3.67. The standard InChI is InChI=1S/C12H12N2O3/c1-14-9-6-4-3-5-8(9)12(13-14)10(15)7-11(16)17-2/h3-6H,7H2,1-2H3. The Morgan fingerprint density at radius 3 is 2.76 bits per heavy atom. The molecule has 0 bridgehead atoms. The smallest absolute Gasteiger partial charge is 0.313 e. The molecule has 0 aliphatic carbocycles. The zero-order valence-corrected chi connectivity index (χ0v) is 9.64. The minimum atomic E-state index is -0.551. The Hall–Kier alpha value is -2.17. The lowest BCUT2D eigenvalue weighted by Gasteiger charge is -1.96. The van der Waals surface area contributed by atoms with Crippen LogP contribution < -0.4 is 0 Å². The minimum absolute atomic E-state index is 0.280. The first-order valence-corrected chi connectivity index (χ1v) is 5.15. The fourth-order valence-electron chi connectivity index (χ4n) is 1.71. The summed E-state index contributed by atoms with van der Waals surface area (Å²) < 4.78 is 6.09. The molecule has 5 nitrogen and oxygen atoms in total. The molecule has 0 aliphatic rings. The Morgan fingerprint density at radius 1 is 1.35 bits per heavy atom. The number of esters is 1. The van der Waals surface area contributed by atoms with Crippen LogP contribution in [0, 0.1) is 0 Å². The van der Waals surface area contributed by atoms with Gasteiger partial charge in [-0.05, 0) is 6.07 Å². The summed E-state index contributed by atoms with van der Waals surface area (Å²) in [6.07, 6.45) is -0.280. The molecule has 0 atom stereocenters. The summed E-state index contributed by atoms with van der Waals surface area (Å²) in [6, 6.07) is 7.39. The molecule has 0 amide bonds. The first-order valence-electron chi connectivity index (χ1n) is 5.15. The van der Waals surface area contributed by atoms with Crippen LogP contribution in [0.15, 0.2) is 24.3 Å². The van der Waals surface area contributed by atoms with E-state index in [2.05, 4.69) is 9.84 Å². The van der Waals surface area contributed by atoms with Gasteiger partial charge in [0.15, 0.2) is 5.78 Å². The Morgan fingerprint density at radius 2 is 2.06 bits per heavy atom. The number of benzene rings is 1. The molecule has 0 spiro atoms. The SMILES string of the molecule is COC(=O)CC(=O)c1nn(C)c2ccccc12. The van der Waals surface area contributed by atoms with Gasteiger partial charge in [0, 0.05) is 12.4 Å². The molecule has 2 aromatic rings. The summed E-state index contributed by atoms with van der Waals surface area (Å²) in [6.45, 7) is 0. The van der Waals surface area contributed by atoms with E-state index in [1.54, 1.807) is 11.7 Å². The van der Waals surface area contributed by atoms with E-state index in [9.17, 15) is 9.59 Å². The van der Waals surface area contributed by atoms with Crippen LogP contribution in [0.5, 0.6) is 0 Å². The topological polar surface area (TPSA) is 61.2 Å². The van der Waals surface area contributed by atoms with Crippen molar-refractivity contribution in [1.29, 1.82) is 0 Å². The first-order chi connectivity index (χ1) is 8.13. The second-order valence-electron chi connectivity index (χ2n) is 3.67. The highest BCUT2D eigenvalue weighted by atomic mass is 16.5. The van der Waals surface area contributed by atoms with Gasteiger partial charge in [-0.1, -0.05) is 18.2 Å². The fourth-order valence-corrected chi connectivity index (χ4v) is 1.71. The van der Waals surface area contributed by atoms with E-state index in [1.807, 2.05) is 24.3 Å². The van der Waals surface area contributed by atoms with Crippen LogP contribution in [0.1, 0.15) is 16.9 Å². The Labute approximate surface area is 98.0 Å². The molecule has 0 radical (unpaired) electrons. The number of aromatic nitrogens is 2. The second kappa shape index (κ2) is 4.37. The van der Waals surface area contributed by atoms with Gasteiger partial charge in [-0.3, -0.25) is 14.3 Å². The summed E-state index contributed by atoms with van der Waals surface area (Å²) in [5.41, 5.74) is 1.18. The first kappa shape index (κ1) is 11.3. The highest BCUT2D eigenvalue weighted by molar-refractivity contribution is 6.11. The number of nitrogens with zero attached hydrogens (tertiary/aromatic N) is 2. The third-order valence-electron chi connectivity index (χ3n) is 2.55. The van der Waals surface area contributed by atoms with Crippen LogP contribution in [-0.2, 0) is 16.6 Å². The zero-order valence-electron chi connectivity index (χ0n) is 9.64. The maximum atomic E-state index is 11.9. The van der Waals surface area contributed by atoms with Crippen LogP contribution in [0.3, 0.4) is 0 Å². The Kier molecular flexibility index (Phi) is 2.91. The van der Waals surface area contributed by atoms with Crippen LogP contribution in [0.2, 0.25) is 0 Å². The van der Waals surface area contributed by atoms with Gasteiger partial charge in [-0.25, -0.2) is 0 Å². The van der Waals surface area contributed by atoms with Gasteiger partial charge in [-0.2, -0.15) is 5.10 Å². The van der Waals surface area contributed by atoms with Crippen LogP contribution in [0.25, 0.3) is 10.9 Å². The number of aryl methyl sites for hydroxylation is 1. The van der Waals surface area contributed by atoms with E-state index in [1.165, 1.54) is 7.11 Å². The van der Waals surface area contributed by atoms with E-state index in [0.29, 0.717) is 5.69 Å². The van der Waals surface area contributed by atoms with Crippen molar-refractivity contribution in [1.82, 2.24) is 9.78 Å². The molecule has 1 aromatic carbocycles. The number of hydrogen-bond acceptors (Lipinski definition) is 4. The normalized spacial score (nSPS) is 10.5. The van der Waals surface area contributed by atoms with Crippen molar-refractivity contribution in [2.75, 3.05) is 7.11 Å². The van der Waals surface area contributed by atoms with Crippen LogP contribution >= 0.6 is 0 Å². The predicted octanol–water partition coefficient (Wildman–Crippen LogP) is 1.32. The number of carbonyl (C=O) groups is 2. The van der Waals surface area contributed by atoms with E-state index in [0.717, 1.165) is 10.9 Å². The number of methoxy groups -OCH3 is 1. The molecule has 0 fully saturated rings. The highest BCUT2D eigenvalue weighted by Gasteiger charge is 2.18. The average Bonchev–Trinajstić information content (AvgIpc) is 2.67. The van der Waals surface area contributed by atoms with Gasteiger partial charge in [-0.15, -0.1) is 0 Å². The molecule has 1 aromatic heterocycles. The average molecular weight is 232 g/mol. The number of hydrogen-bond donors (Lipinski definition) is 0. The van der Waals surface area contributed by atoms with Gasteiger partial charge in [0.05, 0.1) is 12.6 Å². The Balaban J connectivity index is 2.42. The van der Waals surface area contributed by atoms with E-state index >= 15 is 0 Å². The lowest BCUT2D eigenvalue weighted by atomic mass is 10.1. The molecular weight excluding hydrogens is 220 g/mol. The Bertz CT molecular complexity index is 586. The lowest BCUT2D eigenvalue weighted by Crippen LogP contribution is -2.10. The number of ketones is 1. The minimum Gasteiger partial charge on any atom is -0.469 e. The van der Waals surface area contributed by atoms with E-state index in [-0.39, 0.29) is 12.2 Å². The van der Waals surface area contributed by atoms with Gasteiger partial charge < -0.3 is 4.74 Å². The lowest BCUT2D eigenvalue weighted by molar-refractivity contribution is -0.139. The van der Waals surface area contributed by atoms with E-state index in [4.69, 9.17) is 0 Å². The molecule has 17 heavy (non-hydrogen) atoms. The van der Waals surface area contributed by atoms with Gasteiger partial charge >= 0.3 is 5.97 Å². The number of carbonyl (C=O) groups excluding carboxylic acids is 2. The van der Waals surface area contributed by atoms with Gasteiger partial charge in [0.2, 0.25) is 0 Å².